The molecule has 40 heavy (non-hydrogen) atoms. The maximum atomic E-state index is 12.8. The number of anilines is 2. The predicted octanol–water partition coefficient (Wildman–Crippen LogP) is 2.99. The fourth-order valence-corrected chi connectivity index (χ4v) is 4.12. The number of rotatable bonds is 4. The van der Waals surface area contributed by atoms with Gasteiger partial charge in [-0.25, -0.2) is 18.8 Å². The molecule has 16 heteroatoms. The highest BCUT2D eigenvalue weighted by Gasteiger charge is 2.20. The van der Waals surface area contributed by atoms with E-state index in [4.69, 9.17) is 34.0 Å². The van der Waals surface area contributed by atoms with E-state index in [0.29, 0.717) is 38.5 Å². The molecule has 0 aliphatic heterocycles. The molecule has 5 heterocycles. The number of H-pyrrole nitrogens is 1. The molecule has 0 saturated heterocycles. The molecule has 0 spiro atoms. The number of hydrogen-bond acceptors (Lipinski definition) is 8. The zero-order valence-corrected chi connectivity index (χ0v) is 21.9. The monoisotopic (exact) mass is 580 g/mol. The highest BCUT2D eigenvalue weighted by atomic mass is 35.5. The van der Waals surface area contributed by atoms with E-state index in [2.05, 4.69) is 30.6 Å². The van der Waals surface area contributed by atoms with E-state index in [9.17, 15) is 14.4 Å². The predicted molar refractivity (Wildman–Crippen MR) is 147 cm³/mol. The van der Waals surface area contributed by atoms with Gasteiger partial charge in [0.1, 0.15) is 22.6 Å². The molecule has 6 rings (SSSR count). The number of hydrogen-bond donors (Lipinski definition) is 4. The summed E-state index contributed by atoms with van der Waals surface area (Å²) in [5, 5.41) is 24.8. The van der Waals surface area contributed by atoms with Crippen LogP contribution >= 0.6 is 23.2 Å². The van der Waals surface area contributed by atoms with Crippen LogP contribution in [0.5, 0.6) is 0 Å². The van der Waals surface area contributed by atoms with Crippen molar-refractivity contribution < 1.29 is 14.7 Å². The summed E-state index contributed by atoms with van der Waals surface area (Å²) in [7, 11) is 1.75. The third-order valence-electron chi connectivity index (χ3n) is 5.53. The van der Waals surface area contributed by atoms with Crippen LogP contribution < -0.4 is 16.6 Å². The number of nitrogens with two attached hydrogens (primary N) is 1. The van der Waals surface area contributed by atoms with Gasteiger partial charge in [0.15, 0.2) is 11.3 Å². The van der Waals surface area contributed by atoms with Crippen LogP contribution in [0, 0.1) is 0 Å². The molecule has 0 fully saturated rings. The summed E-state index contributed by atoms with van der Waals surface area (Å²) in [6, 6.07) is 7.92. The molecule has 5 aromatic heterocycles. The number of benzene rings is 1. The van der Waals surface area contributed by atoms with Gasteiger partial charge < -0.3 is 21.1 Å². The first kappa shape index (κ1) is 26.4. The number of halogens is 2. The van der Waals surface area contributed by atoms with Crippen LogP contribution in [0.1, 0.15) is 20.7 Å². The molecular weight excluding hydrogens is 563 g/mol. The smallest absolute Gasteiger partial charge is 0.341 e. The lowest BCUT2D eigenvalue weighted by atomic mass is 10.1. The van der Waals surface area contributed by atoms with Crippen molar-refractivity contribution in [2.75, 3.05) is 11.1 Å². The topological polar surface area (TPSA) is 191 Å². The molecule has 1 amide bonds. The van der Waals surface area contributed by atoms with Gasteiger partial charge in [-0.3, -0.25) is 14.3 Å². The SMILES string of the molecule is Cn1cc(NC(=O)c2cnn3ccc(N)nc23)c(-c2cc(Cl)ccc2Cl)n1.O=C(O)c1cnn2ccc(=O)[nH]c12. The molecular formula is C24H18Cl2N10O4. The molecule has 14 nitrogen and oxygen atoms in total. The van der Waals surface area contributed by atoms with Crippen LogP contribution in [-0.4, -0.2) is 56.0 Å². The number of carbonyl (C=O) groups excluding carboxylic acids is 1. The van der Waals surface area contributed by atoms with Crippen LogP contribution in [0.25, 0.3) is 22.6 Å². The van der Waals surface area contributed by atoms with Gasteiger partial charge >= 0.3 is 5.97 Å². The number of amides is 1. The minimum absolute atomic E-state index is 0.0160. The third-order valence-corrected chi connectivity index (χ3v) is 6.10. The minimum atomic E-state index is -1.11. The Morgan fingerprint density at radius 3 is 2.55 bits per heavy atom. The maximum absolute atomic E-state index is 12.8. The van der Waals surface area contributed by atoms with Gasteiger partial charge in [0.05, 0.1) is 23.1 Å². The number of aromatic carboxylic acids is 1. The Bertz CT molecular complexity index is 1970. The van der Waals surface area contributed by atoms with E-state index < -0.39 is 11.9 Å². The summed E-state index contributed by atoms with van der Waals surface area (Å²) in [6.45, 7) is 0. The lowest BCUT2D eigenvalue weighted by Gasteiger charge is -2.07. The second-order valence-electron chi connectivity index (χ2n) is 8.28. The number of nitrogen functional groups attached to an aromatic ring is 1. The number of aromatic nitrogens is 8. The summed E-state index contributed by atoms with van der Waals surface area (Å²) < 4.78 is 4.35. The Morgan fingerprint density at radius 1 is 1.05 bits per heavy atom. The van der Waals surface area contributed by atoms with Crippen LogP contribution in [0.4, 0.5) is 11.5 Å². The molecule has 0 aliphatic carbocycles. The molecule has 0 atom stereocenters. The first-order chi connectivity index (χ1) is 19.1. The fraction of sp³-hybridized carbons (Fsp3) is 0.0417. The highest BCUT2D eigenvalue weighted by Crippen LogP contribution is 2.34. The number of carboxylic acids is 1. The Labute approximate surface area is 233 Å². The molecule has 0 aliphatic rings. The molecule has 1 aromatic carbocycles. The minimum Gasteiger partial charge on any atom is -0.477 e. The summed E-state index contributed by atoms with van der Waals surface area (Å²) in [5.41, 5.74) is 7.78. The fourth-order valence-electron chi connectivity index (χ4n) is 3.74. The number of carbonyl (C=O) groups is 2. The van der Waals surface area contributed by atoms with Crippen molar-refractivity contribution in [1.29, 1.82) is 0 Å². The van der Waals surface area contributed by atoms with Crippen molar-refractivity contribution >= 4 is 57.9 Å². The number of carboxylic acid groups (broad SMARTS) is 1. The first-order valence-electron chi connectivity index (χ1n) is 11.3. The average Bonchev–Trinajstić information content (AvgIpc) is 3.62. The Kier molecular flexibility index (Phi) is 6.94. The maximum Gasteiger partial charge on any atom is 0.341 e. The van der Waals surface area contributed by atoms with Gasteiger partial charge in [0.25, 0.3) is 11.5 Å². The average molecular weight is 581 g/mol. The molecule has 0 bridgehead atoms. The van der Waals surface area contributed by atoms with E-state index in [1.165, 1.54) is 33.7 Å². The van der Waals surface area contributed by atoms with E-state index in [0.717, 1.165) is 0 Å². The van der Waals surface area contributed by atoms with Crippen molar-refractivity contribution in [3.05, 3.63) is 92.8 Å². The van der Waals surface area contributed by atoms with Gasteiger partial charge in [-0.15, -0.1) is 0 Å². The highest BCUT2D eigenvalue weighted by molar-refractivity contribution is 6.35. The van der Waals surface area contributed by atoms with E-state index in [1.807, 2.05) is 0 Å². The summed E-state index contributed by atoms with van der Waals surface area (Å²) >= 11 is 12.4. The van der Waals surface area contributed by atoms with Gasteiger partial charge in [0.2, 0.25) is 0 Å². The molecule has 0 saturated carbocycles. The second-order valence-corrected chi connectivity index (χ2v) is 9.13. The van der Waals surface area contributed by atoms with Crippen molar-refractivity contribution in [2.45, 2.75) is 0 Å². The Morgan fingerprint density at radius 2 is 1.77 bits per heavy atom. The molecule has 202 valence electrons. The van der Waals surface area contributed by atoms with Gasteiger partial charge in [0, 0.05) is 42.3 Å². The summed E-state index contributed by atoms with van der Waals surface area (Å²) in [6.07, 6.45) is 7.33. The third kappa shape index (κ3) is 5.21. The van der Waals surface area contributed by atoms with Crippen LogP contribution in [0.3, 0.4) is 0 Å². The van der Waals surface area contributed by atoms with Crippen LogP contribution in [0.15, 0.2) is 66.1 Å². The van der Waals surface area contributed by atoms with Gasteiger partial charge in [-0.05, 0) is 24.3 Å². The van der Waals surface area contributed by atoms with Crippen LogP contribution in [0.2, 0.25) is 10.0 Å². The van der Waals surface area contributed by atoms with Gasteiger partial charge in [-0.2, -0.15) is 15.3 Å². The molecule has 0 radical (unpaired) electrons. The number of nitrogens with zero attached hydrogens (tertiary/aromatic N) is 7. The zero-order valence-electron chi connectivity index (χ0n) is 20.4. The van der Waals surface area contributed by atoms with Crippen LogP contribution in [-0.2, 0) is 7.05 Å². The number of nitrogens with one attached hydrogen (secondary N) is 2. The van der Waals surface area contributed by atoms with E-state index >= 15 is 0 Å². The number of fused-ring (bicyclic) bond motifs is 2. The largest absolute Gasteiger partial charge is 0.477 e. The zero-order chi connectivity index (χ0) is 28.6. The summed E-state index contributed by atoms with van der Waals surface area (Å²) in [5.74, 6) is -1.21. The van der Waals surface area contributed by atoms with E-state index in [1.54, 1.807) is 48.4 Å². The Balaban J connectivity index is 0.000000207. The standard InChI is InChI=1S/C17H13Cl2N7O.C7H5N3O3/c1-25-8-13(15(24-25)10-6-9(18)2-3-12(10)19)22-17(27)11-7-21-26-5-4-14(20)23-16(11)26;11-5-1-2-10-6(9-5)4(3-8-10)7(12)13/h2-8H,1H3,(H2,20,23)(H,22,27);1-3H,(H,9,11)(H,12,13). The number of aryl methyl sites for hydroxylation is 1. The van der Waals surface area contributed by atoms with Crippen molar-refractivity contribution in [2.24, 2.45) is 7.05 Å². The lowest BCUT2D eigenvalue weighted by molar-refractivity contribution is 0.0698. The normalized spacial score (nSPS) is 10.9. The second kappa shape index (κ2) is 10.5. The Hall–Kier alpha value is -5.21. The number of aromatic amines is 1. The van der Waals surface area contributed by atoms with E-state index in [-0.39, 0.29) is 22.3 Å². The van der Waals surface area contributed by atoms with Gasteiger partial charge in [-0.1, -0.05) is 23.2 Å². The quantitative estimate of drug-likeness (QED) is 0.242. The molecule has 5 N–H and O–H groups in total. The van der Waals surface area contributed by atoms with Crippen molar-refractivity contribution in [3.63, 3.8) is 0 Å². The lowest BCUT2D eigenvalue weighted by Crippen LogP contribution is -2.12. The van der Waals surface area contributed by atoms with Crippen molar-refractivity contribution in [3.8, 4) is 11.3 Å². The summed E-state index contributed by atoms with van der Waals surface area (Å²) in [4.78, 5) is 40.8. The molecule has 0 unspecified atom stereocenters. The van der Waals surface area contributed by atoms with Crippen molar-refractivity contribution in [1.82, 2.24) is 39.0 Å². The molecule has 6 aromatic rings. The first-order valence-corrected chi connectivity index (χ1v) is 12.1.